The van der Waals surface area contributed by atoms with Gasteiger partial charge in [-0.3, -0.25) is 4.90 Å². The van der Waals surface area contributed by atoms with Crippen LogP contribution in [0.5, 0.6) is 0 Å². The second-order valence-corrected chi connectivity index (χ2v) is 7.42. The first-order chi connectivity index (χ1) is 9.32. The molecule has 0 radical (unpaired) electrons. The molecular weight excluding hydrogens is 236 g/mol. The zero-order valence-electron chi connectivity index (χ0n) is 12.1. The molecule has 2 spiro atoms. The monoisotopic (exact) mass is 264 g/mol. The molecule has 108 valence electrons. The highest BCUT2D eigenvalue weighted by atomic mass is 16.5. The third kappa shape index (κ3) is 2.05. The molecule has 2 aliphatic carbocycles. The molecule has 2 saturated carbocycles. The van der Waals surface area contributed by atoms with Crippen LogP contribution in [-0.2, 0) is 4.74 Å². The molecule has 1 N–H and O–H groups in total. The Morgan fingerprint density at radius 1 is 1.00 bits per heavy atom. The lowest BCUT2D eigenvalue weighted by atomic mass is 9.83. The summed E-state index contributed by atoms with van der Waals surface area (Å²) in [6, 6.07) is 0.706. The zero-order valence-corrected chi connectivity index (χ0v) is 12.1. The second-order valence-electron chi connectivity index (χ2n) is 7.42. The van der Waals surface area contributed by atoms with E-state index in [1.165, 1.54) is 70.9 Å². The topological polar surface area (TPSA) is 24.5 Å². The van der Waals surface area contributed by atoms with Gasteiger partial charge in [0.1, 0.15) is 0 Å². The van der Waals surface area contributed by atoms with Crippen LogP contribution in [0.3, 0.4) is 0 Å². The lowest BCUT2D eigenvalue weighted by molar-refractivity contribution is -0.0254. The molecule has 1 atom stereocenters. The van der Waals surface area contributed by atoms with E-state index in [0.29, 0.717) is 17.1 Å². The van der Waals surface area contributed by atoms with E-state index >= 15 is 0 Å². The van der Waals surface area contributed by atoms with E-state index in [1.807, 2.05) is 0 Å². The Kier molecular flexibility index (Phi) is 3.13. The van der Waals surface area contributed by atoms with E-state index < -0.39 is 0 Å². The third-order valence-corrected chi connectivity index (χ3v) is 6.32. The molecule has 2 saturated heterocycles. The van der Waals surface area contributed by atoms with Crippen molar-refractivity contribution in [2.75, 3.05) is 26.3 Å². The van der Waals surface area contributed by atoms with E-state index in [-0.39, 0.29) is 0 Å². The summed E-state index contributed by atoms with van der Waals surface area (Å²) in [5.41, 5.74) is 0.933. The van der Waals surface area contributed by atoms with Crippen molar-refractivity contribution >= 4 is 0 Å². The molecule has 0 amide bonds. The average molecular weight is 264 g/mol. The van der Waals surface area contributed by atoms with E-state index in [2.05, 4.69) is 10.2 Å². The van der Waals surface area contributed by atoms with Gasteiger partial charge in [0.2, 0.25) is 0 Å². The lowest BCUT2D eigenvalue weighted by Gasteiger charge is -2.54. The third-order valence-electron chi connectivity index (χ3n) is 6.32. The van der Waals surface area contributed by atoms with E-state index in [1.54, 1.807) is 0 Å². The van der Waals surface area contributed by atoms with Crippen LogP contribution in [0.25, 0.3) is 0 Å². The Labute approximate surface area is 117 Å². The normalized spacial score (nSPS) is 37.6. The number of ether oxygens (including phenoxy) is 1. The number of nitrogens with one attached hydrogen (secondary N) is 1. The molecule has 2 aliphatic heterocycles. The maximum atomic E-state index is 5.70. The van der Waals surface area contributed by atoms with E-state index in [9.17, 15) is 0 Å². The molecule has 0 aromatic carbocycles. The number of nitrogens with zero attached hydrogens (tertiary/aromatic N) is 1. The summed E-state index contributed by atoms with van der Waals surface area (Å²) in [5, 5.41) is 4.00. The number of rotatable bonds is 1. The summed E-state index contributed by atoms with van der Waals surface area (Å²) in [6.07, 6.45) is 12.6. The standard InChI is InChI=1S/C16H28N2O/c1-2-7-15(6-1)13-18(14-5-10-19-11-14)16(12-17-15)8-3-4-9-16/h14,17H,1-13H2. The van der Waals surface area contributed by atoms with Crippen LogP contribution in [0.15, 0.2) is 0 Å². The minimum absolute atomic E-state index is 0.455. The van der Waals surface area contributed by atoms with E-state index in [0.717, 1.165) is 13.2 Å². The maximum absolute atomic E-state index is 5.70. The molecule has 1 unspecified atom stereocenters. The summed E-state index contributed by atoms with van der Waals surface area (Å²) < 4.78 is 5.70. The first kappa shape index (κ1) is 12.6. The summed E-state index contributed by atoms with van der Waals surface area (Å²) in [4.78, 5) is 2.91. The fourth-order valence-electron chi connectivity index (χ4n) is 5.17. The van der Waals surface area contributed by atoms with Gasteiger partial charge in [-0.2, -0.15) is 0 Å². The quantitative estimate of drug-likeness (QED) is 0.786. The van der Waals surface area contributed by atoms with Crippen molar-refractivity contribution in [3.8, 4) is 0 Å². The second kappa shape index (κ2) is 4.71. The molecule has 0 aromatic rings. The summed E-state index contributed by atoms with van der Waals surface area (Å²) in [5.74, 6) is 0. The first-order valence-corrected chi connectivity index (χ1v) is 8.42. The molecule has 19 heavy (non-hydrogen) atoms. The molecule has 4 aliphatic rings. The Balaban J connectivity index is 1.59. The number of piperazine rings is 1. The van der Waals surface area contributed by atoms with Crippen molar-refractivity contribution in [2.45, 2.75) is 74.9 Å². The predicted molar refractivity (Wildman–Crippen MR) is 76.3 cm³/mol. The number of hydrogen-bond donors (Lipinski definition) is 1. The van der Waals surface area contributed by atoms with Gasteiger partial charge in [0, 0.05) is 36.8 Å². The van der Waals surface area contributed by atoms with Gasteiger partial charge in [-0.15, -0.1) is 0 Å². The highest BCUT2D eigenvalue weighted by Gasteiger charge is 2.51. The van der Waals surface area contributed by atoms with Crippen LogP contribution < -0.4 is 5.32 Å². The van der Waals surface area contributed by atoms with Gasteiger partial charge in [0.25, 0.3) is 0 Å². The number of hydrogen-bond acceptors (Lipinski definition) is 3. The van der Waals surface area contributed by atoms with E-state index in [4.69, 9.17) is 4.74 Å². The molecule has 3 nitrogen and oxygen atoms in total. The van der Waals surface area contributed by atoms with Crippen LogP contribution in [0.2, 0.25) is 0 Å². The van der Waals surface area contributed by atoms with Crippen LogP contribution in [0.1, 0.15) is 57.8 Å². The maximum Gasteiger partial charge on any atom is 0.0622 e. The van der Waals surface area contributed by atoms with Crippen LogP contribution in [0.4, 0.5) is 0 Å². The van der Waals surface area contributed by atoms with Gasteiger partial charge in [0.15, 0.2) is 0 Å². The Morgan fingerprint density at radius 3 is 2.42 bits per heavy atom. The van der Waals surface area contributed by atoms with Gasteiger partial charge >= 0.3 is 0 Å². The average Bonchev–Trinajstić information content (AvgIpc) is 3.16. The van der Waals surface area contributed by atoms with Crippen molar-refractivity contribution in [2.24, 2.45) is 0 Å². The zero-order chi connectivity index (χ0) is 12.8. The van der Waals surface area contributed by atoms with Crippen LogP contribution >= 0.6 is 0 Å². The van der Waals surface area contributed by atoms with Gasteiger partial charge in [0.05, 0.1) is 6.61 Å². The minimum atomic E-state index is 0.455. The molecule has 0 bridgehead atoms. The molecule has 4 fully saturated rings. The molecule has 3 heteroatoms. The Hall–Kier alpha value is -0.120. The highest BCUT2D eigenvalue weighted by Crippen LogP contribution is 2.44. The SMILES string of the molecule is C1CCC2(C1)CN(C1CCOC1)C1(CCCC1)CN2. The van der Waals surface area contributed by atoms with Gasteiger partial charge in [-0.1, -0.05) is 25.7 Å². The molecule has 4 rings (SSSR count). The van der Waals surface area contributed by atoms with Crippen molar-refractivity contribution < 1.29 is 4.74 Å². The summed E-state index contributed by atoms with van der Waals surface area (Å²) >= 11 is 0. The molecule has 2 heterocycles. The van der Waals surface area contributed by atoms with Crippen molar-refractivity contribution in [3.05, 3.63) is 0 Å². The Bertz CT molecular complexity index is 326. The predicted octanol–water partition coefficient (Wildman–Crippen LogP) is 2.31. The fraction of sp³-hybridized carbons (Fsp3) is 1.00. The van der Waals surface area contributed by atoms with Crippen LogP contribution in [-0.4, -0.2) is 48.3 Å². The molecule has 0 aromatic heterocycles. The lowest BCUT2D eigenvalue weighted by Crippen LogP contribution is -2.70. The van der Waals surface area contributed by atoms with Crippen molar-refractivity contribution in [1.29, 1.82) is 0 Å². The van der Waals surface area contributed by atoms with Crippen molar-refractivity contribution in [3.63, 3.8) is 0 Å². The van der Waals surface area contributed by atoms with Crippen LogP contribution in [0, 0.1) is 0 Å². The van der Waals surface area contributed by atoms with Crippen molar-refractivity contribution in [1.82, 2.24) is 10.2 Å². The Morgan fingerprint density at radius 2 is 1.74 bits per heavy atom. The highest BCUT2D eigenvalue weighted by molar-refractivity contribution is 5.10. The minimum Gasteiger partial charge on any atom is -0.380 e. The largest absolute Gasteiger partial charge is 0.380 e. The molecular formula is C16H28N2O. The summed E-state index contributed by atoms with van der Waals surface area (Å²) in [7, 11) is 0. The first-order valence-electron chi connectivity index (χ1n) is 8.42. The summed E-state index contributed by atoms with van der Waals surface area (Å²) in [6.45, 7) is 4.50. The van der Waals surface area contributed by atoms with Gasteiger partial charge < -0.3 is 10.1 Å². The van der Waals surface area contributed by atoms with Gasteiger partial charge in [-0.05, 0) is 32.1 Å². The van der Waals surface area contributed by atoms with Gasteiger partial charge in [-0.25, -0.2) is 0 Å². The fourth-order valence-corrected chi connectivity index (χ4v) is 5.17. The smallest absolute Gasteiger partial charge is 0.0622 e.